The van der Waals surface area contributed by atoms with Crippen LogP contribution < -0.4 is 15.4 Å². The molecule has 0 amide bonds. The first kappa shape index (κ1) is 14.8. The van der Waals surface area contributed by atoms with Gasteiger partial charge < -0.3 is 19.8 Å². The van der Waals surface area contributed by atoms with Gasteiger partial charge in [-0.3, -0.25) is 0 Å². The fourth-order valence-corrected chi connectivity index (χ4v) is 2.90. The van der Waals surface area contributed by atoms with E-state index in [1.807, 2.05) is 42.5 Å². The zero-order valence-electron chi connectivity index (χ0n) is 13.3. The Morgan fingerprint density at radius 1 is 1.12 bits per heavy atom. The Balaban J connectivity index is 1.58. The number of benzene rings is 2. The van der Waals surface area contributed by atoms with Gasteiger partial charge in [0.2, 0.25) is 5.89 Å². The first-order valence-electron chi connectivity index (χ1n) is 8.04. The molecule has 1 aromatic heterocycles. The smallest absolute Gasteiger partial charge is 0.226 e. The number of hydrogen-bond acceptors (Lipinski definition) is 5. The van der Waals surface area contributed by atoms with Gasteiger partial charge in [0, 0.05) is 12.1 Å². The monoisotopic (exact) mass is 321 g/mol. The number of ether oxygens (including phenoxy) is 1. The van der Waals surface area contributed by atoms with Gasteiger partial charge in [0.1, 0.15) is 18.6 Å². The zero-order chi connectivity index (χ0) is 16.4. The molecular weight excluding hydrogens is 302 g/mol. The molecule has 1 aliphatic rings. The van der Waals surface area contributed by atoms with Crippen LogP contribution in [-0.4, -0.2) is 18.1 Å². The summed E-state index contributed by atoms with van der Waals surface area (Å²) in [6.45, 7) is 2.68. The second kappa shape index (κ2) is 6.37. The number of oxazole rings is 1. The quantitative estimate of drug-likeness (QED) is 0.799. The lowest BCUT2D eigenvalue weighted by atomic mass is 10.1. The molecular formula is C19H19N3O2. The van der Waals surface area contributed by atoms with E-state index in [0.717, 1.165) is 34.8 Å². The van der Waals surface area contributed by atoms with Gasteiger partial charge in [0.25, 0.3) is 0 Å². The molecule has 0 fully saturated rings. The molecule has 2 aromatic carbocycles. The van der Waals surface area contributed by atoms with Crippen molar-refractivity contribution in [2.75, 3.05) is 18.1 Å². The largest absolute Gasteiger partial charge is 0.490 e. The average molecular weight is 321 g/mol. The molecule has 5 nitrogen and oxygen atoms in total. The number of fused-ring (bicyclic) bond motifs is 1. The lowest BCUT2D eigenvalue weighted by Gasteiger charge is -2.31. The summed E-state index contributed by atoms with van der Waals surface area (Å²) >= 11 is 0. The minimum absolute atomic E-state index is 0.517. The van der Waals surface area contributed by atoms with E-state index in [0.29, 0.717) is 25.6 Å². The second-order valence-electron chi connectivity index (χ2n) is 5.79. The van der Waals surface area contributed by atoms with Gasteiger partial charge in [-0.05, 0) is 29.8 Å². The lowest BCUT2D eigenvalue weighted by molar-refractivity contribution is 0.306. The van der Waals surface area contributed by atoms with Crippen molar-refractivity contribution < 1.29 is 9.15 Å². The minimum Gasteiger partial charge on any atom is -0.490 e. The summed E-state index contributed by atoms with van der Waals surface area (Å²) in [7, 11) is 0. The van der Waals surface area contributed by atoms with Gasteiger partial charge in [-0.2, -0.15) is 0 Å². The molecule has 0 atom stereocenters. The van der Waals surface area contributed by atoms with Crippen LogP contribution in [0.15, 0.2) is 59.2 Å². The van der Waals surface area contributed by atoms with Crippen molar-refractivity contribution in [3.8, 4) is 17.2 Å². The third-order valence-electron chi connectivity index (χ3n) is 4.14. The van der Waals surface area contributed by atoms with Crippen molar-refractivity contribution >= 4 is 5.69 Å². The first-order valence-corrected chi connectivity index (χ1v) is 8.04. The molecule has 0 unspecified atom stereocenters. The molecule has 2 heterocycles. The van der Waals surface area contributed by atoms with Gasteiger partial charge in [-0.1, -0.05) is 24.3 Å². The molecule has 5 heteroatoms. The van der Waals surface area contributed by atoms with E-state index in [4.69, 9.17) is 14.9 Å². The predicted octanol–water partition coefficient (Wildman–Crippen LogP) is 3.20. The first-order chi connectivity index (χ1) is 11.8. The van der Waals surface area contributed by atoms with Crippen molar-refractivity contribution in [3.63, 3.8) is 0 Å². The van der Waals surface area contributed by atoms with Crippen LogP contribution in [0.1, 0.15) is 11.3 Å². The third-order valence-corrected chi connectivity index (χ3v) is 4.14. The van der Waals surface area contributed by atoms with E-state index in [2.05, 4.69) is 16.0 Å². The molecule has 1 aliphatic heterocycles. The number of nitrogens with zero attached hydrogens (tertiary/aromatic N) is 2. The zero-order valence-corrected chi connectivity index (χ0v) is 13.3. The number of anilines is 1. The Morgan fingerprint density at radius 3 is 2.83 bits per heavy atom. The maximum Gasteiger partial charge on any atom is 0.226 e. The van der Waals surface area contributed by atoms with Gasteiger partial charge >= 0.3 is 0 Å². The predicted molar refractivity (Wildman–Crippen MR) is 92.8 cm³/mol. The Labute approximate surface area is 140 Å². The summed E-state index contributed by atoms with van der Waals surface area (Å²) in [6, 6.07) is 16.0. The van der Waals surface area contributed by atoms with Crippen molar-refractivity contribution in [3.05, 3.63) is 66.1 Å². The Hall–Kier alpha value is -2.79. The van der Waals surface area contributed by atoms with E-state index in [9.17, 15) is 0 Å². The van der Waals surface area contributed by atoms with Gasteiger partial charge in [-0.25, -0.2) is 4.98 Å². The average Bonchev–Trinajstić information content (AvgIpc) is 3.11. The number of nitrogens with two attached hydrogens (primary N) is 1. The van der Waals surface area contributed by atoms with Crippen LogP contribution >= 0.6 is 0 Å². The van der Waals surface area contributed by atoms with Crippen LogP contribution in [0, 0.1) is 0 Å². The molecule has 122 valence electrons. The van der Waals surface area contributed by atoms with Crippen LogP contribution in [0.2, 0.25) is 0 Å². The van der Waals surface area contributed by atoms with E-state index in [1.165, 1.54) is 0 Å². The van der Waals surface area contributed by atoms with Crippen molar-refractivity contribution in [1.82, 2.24) is 4.98 Å². The number of aromatic nitrogens is 1. The highest BCUT2D eigenvalue weighted by atomic mass is 16.5. The van der Waals surface area contributed by atoms with E-state index < -0.39 is 0 Å². The highest BCUT2D eigenvalue weighted by Crippen LogP contribution is 2.33. The molecule has 0 spiro atoms. The number of hydrogen-bond donors (Lipinski definition) is 1. The molecule has 3 aromatic rings. The van der Waals surface area contributed by atoms with Crippen LogP contribution in [0.3, 0.4) is 0 Å². The lowest BCUT2D eigenvalue weighted by Crippen LogP contribution is -2.32. The summed E-state index contributed by atoms with van der Waals surface area (Å²) in [5.74, 6) is 1.54. The number of rotatable bonds is 4. The van der Waals surface area contributed by atoms with Gasteiger partial charge in [0.05, 0.1) is 24.5 Å². The summed E-state index contributed by atoms with van der Waals surface area (Å²) in [5, 5.41) is 0. The standard InChI is InChI=1S/C19H19N3O2/c20-11-14-6-7-18-17(10-14)22(8-9-23-18)12-16-13-24-19(21-16)15-4-2-1-3-5-15/h1-7,10,13H,8-9,11-12,20H2. The van der Waals surface area contributed by atoms with E-state index in [-0.39, 0.29) is 0 Å². The molecule has 0 radical (unpaired) electrons. The Kier molecular flexibility index (Phi) is 3.92. The fraction of sp³-hybridized carbons (Fsp3) is 0.211. The topological polar surface area (TPSA) is 64.5 Å². The van der Waals surface area contributed by atoms with Crippen LogP contribution in [0.5, 0.6) is 5.75 Å². The third kappa shape index (κ3) is 2.86. The van der Waals surface area contributed by atoms with E-state index in [1.54, 1.807) is 6.26 Å². The molecule has 0 saturated heterocycles. The van der Waals surface area contributed by atoms with Crippen LogP contribution in [-0.2, 0) is 13.1 Å². The van der Waals surface area contributed by atoms with Crippen molar-refractivity contribution in [1.29, 1.82) is 0 Å². The van der Waals surface area contributed by atoms with Gasteiger partial charge in [-0.15, -0.1) is 0 Å². The maximum absolute atomic E-state index is 5.76. The molecule has 0 aliphatic carbocycles. The minimum atomic E-state index is 0.517. The molecule has 24 heavy (non-hydrogen) atoms. The van der Waals surface area contributed by atoms with Crippen molar-refractivity contribution in [2.24, 2.45) is 5.73 Å². The van der Waals surface area contributed by atoms with Gasteiger partial charge in [0.15, 0.2) is 0 Å². The summed E-state index contributed by atoms with van der Waals surface area (Å²) in [6.07, 6.45) is 1.73. The highest BCUT2D eigenvalue weighted by Gasteiger charge is 2.20. The second-order valence-corrected chi connectivity index (χ2v) is 5.79. The van der Waals surface area contributed by atoms with Crippen molar-refractivity contribution in [2.45, 2.75) is 13.1 Å². The SMILES string of the molecule is NCc1ccc2c(c1)N(Cc1coc(-c3ccccc3)n1)CCO2. The Morgan fingerprint density at radius 2 is 2.00 bits per heavy atom. The maximum atomic E-state index is 5.76. The Bertz CT molecular complexity index is 830. The van der Waals surface area contributed by atoms with Crippen LogP contribution in [0.4, 0.5) is 5.69 Å². The highest BCUT2D eigenvalue weighted by molar-refractivity contribution is 5.61. The molecule has 0 bridgehead atoms. The molecule has 2 N–H and O–H groups in total. The fourth-order valence-electron chi connectivity index (χ4n) is 2.90. The van der Waals surface area contributed by atoms with Crippen LogP contribution in [0.25, 0.3) is 11.5 Å². The summed E-state index contributed by atoms with van der Waals surface area (Å²) in [5.41, 5.74) is 9.80. The summed E-state index contributed by atoms with van der Waals surface area (Å²) in [4.78, 5) is 6.87. The molecule has 4 rings (SSSR count). The summed E-state index contributed by atoms with van der Waals surface area (Å²) < 4.78 is 11.4. The normalized spacial score (nSPS) is 13.5. The molecule has 0 saturated carbocycles. The van der Waals surface area contributed by atoms with E-state index >= 15 is 0 Å².